The molecule has 1 aliphatic rings. The predicted octanol–water partition coefficient (Wildman–Crippen LogP) is 6.50. The standard InChI is InChI=1S/C26H32O3/c1-18-11-12-20(13-22(18)29-16-23(27)28)24(19-9-7-6-8-10-19)21-14-25(2,3)17-26(4,5)15-21/h6-13H,14-17H2,1-5H3,(H,27,28). The summed E-state index contributed by atoms with van der Waals surface area (Å²) in [6, 6.07) is 16.7. The Morgan fingerprint density at radius 3 is 2.17 bits per heavy atom. The second-order valence-electron chi connectivity index (χ2n) is 9.87. The van der Waals surface area contributed by atoms with E-state index >= 15 is 0 Å². The van der Waals surface area contributed by atoms with Crippen molar-refractivity contribution in [1.29, 1.82) is 0 Å². The fraction of sp³-hybridized carbons (Fsp3) is 0.423. The molecule has 0 aromatic heterocycles. The Hall–Kier alpha value is -2.55. The maximum absolute atomic E-state index is 11.0. The molecular weight excluding hydrogens is 360 g/mol. The van der Waals surface area contributed by atoms with Gasteiger partial charge in [-0.1, -0.05) is 75.7 Å². The first-order valence-corrected chi connectivity index (χ1v) is 10.3. The van der Waals surface area contributed by atoms with Crippen LogP contribution in [0.2, 0.25) is 0 Å². The number of carboxylic acids is 1. The second-order valence-corrected chi connectivity index (χ2v) is 9.87. The van der Waals surface area contributed by atoms with Crippen LogP contribution in [-0.2, 0) is 4.79 Å². The Bertz CT molecular complexity index is 902. The van der Waals surface area contributed by atoms with Crippen molar-refractivity contribution in [2.75, 3.05) is 6.61 Å². The van der Waals surface area contributed by atoms with Crippen molar-refractivity contribution in [3.05, 3.63) is 70.8 Å². The summed E-state index contributed by atoms with van der Waals surface area (Å²) in [5.41, 5.74) is 6.43. The number of aliphatic carboxylic acids is 1. The quantitative estimate of drug-likeness (QED) is 0.632. The van der Waals surface area contributed by atoms with Gasteiger partial charge in [-0.3, -0.25) is 0 Å². The summed E-state index contributed by atoms with van der Waals surface area (Å²) in [6.07, 6.45) is 3.31. The van der Waals surface area contributed by atoms with Gasteiger partial charge in [0.25, 0.3) is 0 Å². The third-order valence-corrected chi connectivity index (χ3v) is 5.58. The summed E-state index contributed by atoms with van der Waals surface area (Å²) >= 11 is 0. The summed E-state index contributed by atoms with van der Waals surface area (Å²) in [5, 5.41) is 9.01. The molecule has 0 aliphatic heterocycles. The van der Waals surface area contributed by atoms with Gasteiger partial charge in [-0.15, -0.1) is 0 Å². The number of rotatable bonds is 5. The Morgan fingerprint density at radius 1 is 0.966 bits per heavy atom. The lowest BCUT2D eigenvalue weighted by Gasteiger charge is -2.43. The molecule has 0 atom stereocenters. The van der Waals surface area contributed by atoms with Gasteiger partial charge in [0.15, 0.2) is 6.61 Å². The smallest absolute Gasteiger partial charge is 0.341 e. The van der Waals surface area contributed by atoms with Crippen LogP contribution in [0.5, 0.6) is 5.75 Å². The van der Waals surface area contributed by atoms with Gasteiger partial charge in [0.05, 0.1) is 0 Å². The molecule has 2 aromatic rings. The van der Waals surface area contributed by atoms with E-state index in [0.717, 1.165) is 24.0 Å². The van der Waals surface area contributed by atoms with E-state index in [0.29, 0.717) is 5.75 Å². The topological polar surface area (TPSA) is 46.5 Å². The van der Waals surface area contributed by atoms with Crippen LogP contribution < -0.4 is 4.74 Å². The van der Waals surface area contributed by atoms with Gasteiger partial charge < -0.3 is 9.84 Å². The Kier molecular flexibility index (Phi) is 5.88. The number of allylic oxidation sites excluding steroid dienone is 1. The van der Waals surface area contributed by atoms with Gasteiger partial charge in [-0.25, -0.2) is 4.79 Å². The van der Waals surface area contributed by atoms with Gasteiger partial charge in [0, 0.05) is 0 Å². The molecule has 0 amide bonds. The minimum atomic E-state index is -0.966. The summed E-state index contributed by atoms with van der Waals surface area (Å²) in [7, 11) is 0. The van der Waals surface area contributed by atoms with E-state index in [9.17, 15) is 4.79 Å². The predicted molar refractivity (Wildman–Crippen MR) is 118 cm³/mol. The minimum absolute atomic E-state index is 0.241. The third-order valence-electron chi connectivity index (χ3n) is 5.58. The zero-order valence-electron chi connectivity index (χ0n) is 18.2. The molecule has 0 radical (unpaired) electrons. The molecule has 3 heteroatoms. The highest BCUT2D eigenvalue weighted by atomic mass is 16.5. The molecule has 154 valence electrons. The van der Waals surface area contributed by atoms with Crippen molar-refractivity contribution in [2.24, 2.45) is 10.8 Å². The first kappa shape index (κ1) is 21.2. The molecule has 1 N–H and O–H groups in total. The fourth-order valence-corrected chi connectivity index (χ4v) is 5.05. The maximum atomic E-state index is 11.0. The van der Waals surface area contributed by atoms with E-state index in [-0.39, 0.29) is 17.4 Å². The van der Waals surface area contributed by atoms with Crippen LogP contribution in [0, 0.1) is 17.8 Å². The largest absolute Gasteiger partial charge is 0.482 e. The molecule has 29 heavy (non-hydrogen) atoms. The van der Waals surface area contributed by atoms with Crippen molar-refractivity contribution in [3.63, 3.8) is 0 Å². The lowest BCUT2D eigenvalue weighted by atomic mass is 9.62. The van der Waals surface area contributed by atoms with E-state index in [1.807, 2.05) is 25.1 Å². The molecular formula is C26H32O3. The van der Waals surface area contributed by atoms with Crippen molar-refractivity contribution in [2.45, 2.75) is 53.9 Å². The number of ether oxygens (including phenoxy) is 1. The van der Waals surface area contributed by atoms with Crippen LogP contribution in [0.3, 0.4) is 0 Å². The van der Waals surface area contributed by atoms with E-state index in [1.54, 1.807) is 0 Å². The summed E-state index contributed by atoms with van der Waals surface area (Å²) in [6.45, 7) is 11.0. The molecule has 1 saturated carbocycles. The van der Waals surface area contributed by atoms with Gasteiger partial charge in [-0.2, -0.15) is 0 Å². The second kappa shape index (κ2) is 8.06. The van der Waals surface area contributed by atoms with Crippen LogP contribution in [0.4, 0.5) is 0 Å². The van der Waals surface area contributed by atoms with Crippen LogP contribution >= 0.6 is 0 Å². The first-order chi connectivity index (χ1) is 13.6. The van der Waals surface area contributed by atoms with Crippen molar-refractivity contribution >= 4 is 11.5 Å². The lowest BCUT2D eigenvalue weighted by molar-refractivity contribution is -0.139. The monoisotopic (exact) mass is 392 g/mol. The molecule has 0 bridgehead atoms. The highest BCUT2D eigenvalue weighted by Gasteiger charge is 2.37. The average molecular weight is 393 g/mol. The molecule has 0 spiro atoms. The van der Waals surface area contributed by atoms with Crippen molar-refractivity contribution in [1.82, 2.24) is 0 Å². The highest BCUT2D eigenvalue weighted by Crippen LogP contribution is 2.51. The molecule has 1 fully saturated rings. The summed E-state index contributed by atoms with van der Waals surface area (Å²) in [4.78, 5) is 11.0. The number of benzene rings is 2. The fourth-order valence-electron chi connectivity index (χ4n) is 5.05. The average Bonchev–Trinajstić information content (AvgIpc) is 2.60. The maximum Gasteiger partial charge on any atom is 0.341 e. The van der Waals surface area contributed by atoms with Crippen LogP contribution in [0.15, 0.2) is 54.1 Å². The normalized spacial score (nSPS) is 17.6. The summed E-state index contributed by atoms with van der Waals surface area (Å²) in [5.74, 6) is -0.333. The Labute approximate surface area is 174 Å². The van der Waals surface area contributed by atoms with Crippen LogP contribution in [0.1, 0.15) is 63.6 Å². The van der Waals surface area contributed by atoms with Gasteiger partial charge in [0.2, 0.25) is 0 Å². The van der Waals surface area contributed by atoms with E-state index in [4.69, 9.17) is 9.84 Å². The van der Waals surface area contributed by atoms with Gasteiger partial charge in [-0.05, 0) is 65.3 Å². The van der Waals surface area contributed by atoms with Crippen LogP contribution in [-0.4, -0.2) is 17.7 Å². The Morgan fingerprint density at radius 2 is 1.59 bits per heavy atom. The lowest BCUT2D eigenvalue weighted by Crippen LogP contribution is -2.30. The van der Waals surface area contributed by atoms with Crippen molar-refractivity contribution in [3.8, 4) is 5.75 Å². The molecule has 0 saturated heterocycles. The molecule has 3 rings (SSSR count). The third kappa shape index (κ3) is 5.29. The minimum Gasteiger partial charge on any atom is -0.482 e. The molecule has 2 aromatic carbocycles. The molecule has 0 heterocycles. The number of hydrogen-bond acceptors (Lipinski definition) is 2. The van der Waals surface area contributed by atoms with E-state index in [2.05, 4.69) is 58.0 Å². The highest BCUT2D eigenvalue weighted by molar-refractivity contribution is 5.83. The van der Waals surface area contributed by atoms with Gasteiger partial charge >= 0.3 is 5.97 Å². The molecule has 0 unspecified atom stereocenters. The van der Waals surface area contributed by atoms with Crippen LogP contribution in [0.25, 0.3) is 5.57 Å². The zero-order chi connectivity index (χ0) is 21.2. The summed E-state index contributed by atoms with van der Waals surface area (Å²) < 4.78 is 5.57. The number of carbonyl (C=O) groups is 1. The molecule has 1 aliphatic carbocycles. The zero-order valence-corrected chi connectivity index (χ0v) is 18.2. The number of aryl methyl sites for hydroxylation is 1. The van der Waals surface area contributed by atoms with E-state index in [1.165, 1.54) is 23.1 Å². The van der Waals surface area contributed by atoms with Gasteiger partial charge in [0.1, 0.15) is 5.75 Å². The van der Waals surface area contributed by atoms with E-state index < -0.39 is 5.97 Å². The van der Waals surface area contributed by atoms with Crippen molar-refractivity contribution < 1.29 is 14.6 Å². The Balaban J connectivity index is 2.15. The molecule has 3 nitrogen and oxygen atoms in total. The number of hydrogen-bond donors (Lipinski definition) is 1. The SMILES string of the molecule is Cc1ccc(C(=C2CC(C)(C)CC(C)(C)C2)c2ccccc2)cc1OCC(=O)O. The number of carboxylic acid groups (broad SMARTS) is 1. The first-order valence-electron chi connectivity index (χ1n) is 10.3.